The molecule has 5 bridgehead atoms. The number of methoxy groups -OCH3 is 1. The fourth-order valence-corrected chi connectivity index (χ4v) is 11.3. The van der Waals surface area contributed by atoms with Crippen LogP contribution in [0.5, 0.6) is 11.5 Å². The van der Waals surface area contributed by atoms with E-state index in [1.54, 1.807) is 45.6 Å². The summed E-state index contributed by atoms with van der Waals surface area (Å²) in [5.74, 6) is -12.4. The second-order valence-electron chi connectivity index (χ2n) is 21.1. The minimum Gasteiger partial charge on any atom is -0.507 e. The lowest BCUT2D eigenvalue weighted by Crippen LogP contribution is -2.46. The minimum atomic E-state index is -2.20. The quantitative estimate of drug-likeness (QED) is 0.175. The van der Waals surface area contributed by atoms with Gasteiger partial charge in [-0.15, -0.1) is 0 Å². The SMILES string of the molecule is CO[C@H]1C=CO[C@@]2(C)Oc3c(C)c(O)c4c(c3C2=O)C(=O)C(N(C)C2CCN(c3c(F)cn5c(=O)c(C(=O)O)cc(C6CC6)c5c3C)C2)=C(NC(=O)C(C)=CC=C[C@H](C)[C@H](O)[C@@H](C)[C@@H](O)[C@@H](C)[C@H](OC(C)=O)[C@@H]1C)C4=O. The number of pyridine rings is 2. The average Bonchev–Trinajstić information content (AvgIpc) is 4.04. The van der Waals surface area contributed by atoms with Crippen molar-refractivity contribution in [3.05, 3.63) is 115 Å². The number of phenols is 1. The summed E-state index contributed by atoms with van der Waals surface area (Å²) in [5, 5.41) is 47.4. The number of nitrogens with zero attached hydrogens (tertiary/aromatic N) is 3. The fraction of sp³-hybridized carbons (Fsp3) is 0.482. The molecule has 3 aromatic rings. The molecular formula is C56H65FN4O15. The lowest BCUT2D eigenvalue weighted by Gasteiger charge is -2.38. The number of ether oxygens (including phenoxy) is 4. The van der Waals surface area contributed by atoms with Crippen LogP contribution in [0, 0.1) is 43.3 Å². The molecule has 4 aliphatic heterocycles. The molecule has 5 N–H and O–H groups in total. The zero-order chi connectivity index (χ0) is 55.7. The Balaban J connectivity index is 1.23. The summed E-state index contributed by atoms with van der Waals surface area (Å²) in [5.41, 5.74) is -2.11. The van der Waals surface area contributed by atoms with E-state index in [1.165, 1.54) is 71.0 Å². The molecule has 2 aliphatic carbocycles. The molecule has 2 fully saturated rings. The van der Waals surface area contributed by atoms with Gasteiger partial charge in [0.2, 0.25) is 11.6 Å². The first-order chi connectivity index (χ1) is 35.8. The molecule has 406 valence electrons. The van der Waals surface area contributed by atoms with E-state index in [2.05, 4.69) is 5.32 Å². The number of aliphatic hydroxyl groups is 2. The van der Waals surface area contributed by atoms with Gasteiger partial charge in [-0.25, -0.2) is 9.18 Å². The lowest BCUT2D eigenvalue weighted by atomic mass is 9.78. The number of Topliss-reactive ketones (excluding diaryl/α,β-unsaturated/α-hetero) is 3. The second-order valence-corrected chi connectivity index (χ2v) is 21.1. The highest BCUT2D eigenvalue weighted by Crippen LogP contribution is 2.50. The molecule has 76 heavy (non-hydrogen) atoms. The number of benzene rings is 1. The maximum atomic E-state index is 16.5. The van der Waals surface area contributed by atoms with Gasteiger partial charge in [0.15, 0.2) is 5.82 Å². The molecule has 2 aromatic heterocycles. The van der Waals surface area contributed by atoms with Gasteiger partial charge in [-0.2, -0.15) is 0 Å². The Morgan fingerprint density at radius 2 is 1.61 bits per heavy atom. The smallest absolute Gasteiger partial charge is 0.341 e. The molecule has 0 spiro atoms. The topological polar surface area (TPSA) is 260 Å². The van der Waals surface area contributed by atoms with Gasteiger partial charge in [0.25, 0.3) is 17.2 Å². The Morgan fingerprint density at radius 1 is 0.921 bits per heavy atom. The number of aryl methyl sites for hydroxylation is 1. The third-order valence-electron chi connectivity index (χ3n) is 16.0. The highest BCUT2D eigenvalue weighted by Gasteiger charge is 2.53. The number of nitrogens with one attached hydrogen (secondary N) is 1. The average molecular weight is 1050 g/mol. The van der Waals surface area contributed by atoms with Gasteiger partial charge in [-0.05, 0) is 69.2 Å². The number of amides is 1. The summed E-state index contributed by atoms with van der Waals surface area (Å²) in [6, 6.07) is 0.691. The molecule has 1 saturated heterocycles. The van der Waals surface area contributed by atoms with Crippen LogP contribution in [0.15, 0.2) is 64.6 Å². The van der Waals surface area contributed by atoms with E-state index in [9.17, 15) is 44.4 Å². The first kappa shape index (κ1) is 55.1. The van der Waals surface area contributed by atoms with Crippen LogP contribution >= 0.6 is 0 Å². The van der Waals surface area contributed by atoms with Crippen molar-refractivity contribution in [2.45, 2.75) is 124 Å². The van der Waals surface area contributed by atoms with Crippen molar-refractivity contribution in [3.63, 3.8) is 0 Å². The third-order valence-corrected chi connectivity index (χ3v) is 16.0. The summed E-state index contributed by atoms with van der Waals surface area (Å²) in [6.07, 6.45) is 5.75. The Kier molecular flexibility index (Phi) is 15.0. The molecule has 1 saturated carbocycles. The standard InChI is InChI=1S/C56H65FN4O15/c1-24-13-12-14-25(2)53(69)58-41-44(59(10)33-17-19-60(22-33)43-27(4)42-34(32-15-16-32)21-35(55(71)72)54(70)61(42)23-36(43)57)49(67)38-39(48(41)66)47(65)30(7)51-40(38)52(68)56(9,76-51)74-20-18-37(73-11)26(3)50(75-31(8)62)29(6)46(64)28(5)45(24)63/h12-14,18,20-21,23-24,26,28-29,32-33,37,45-46,50,63-65H,15-17,19,22H2,1-11H3,(H,58,69)(H,71,72)/t24-,26+,28+,29+,33?,37-,45-,46+,50+,56-/m0/s1. The maximum Gasteiger partial charge on any atom is 0.341 e. The van der Waals surface area contributed by atoms with E-state index >= 15 is 14.0 Å². The van der Waals surface area contributed by atoms with Crippen molar-refractivity contribution in [1.29, 1.82) is 0 Å². The van der Waals surface area contributed by atoms with Crippen LogP contribution in [0.4, 0.5) is 10.1 Å². The fourth-order valence-electron chi connectivity index (χ4n) is 11.3. The Hall–Kier alpha value is -7.16. The first-order valence-electron chi connectivity index (χ1n) is 25.4. The number of likely N-dealkylation sites (N-methyl/N-ethyl adjacent to an activating group) is 1. The van der Waals surface area contributed by atoms with Gasteiger partial charge in [0, 0.05) is 81.9 Å². The van der Waals surface area contributed by atoms with Crippen LogP contribution in [-0.2, 0) is 23.8 Å². The Bertz CT molecular complexity index is 3170. The zero-order valence-corrected chi connectivity index (χ0v) is 44.3. The van der Waals surface area contributed by atoms with Gasteiger partial charge in [-0.1, -0.05) is 45.9 Å². The van der Waals surface area contributed by atoms with E-state index in [1.807, 2.05) is 0 Å². The van der Waals surface area contributed by atoms with E-state index in [0.29, 0.717) is 16.6 Å². The van der Waals surface area contributed by atoms with E-state index in [0.717, 1.165) is 29.7 Å². The summed E-state index contributed by atoms with van der Waals surface area (Å²) in [6.45, 7) is 14.0. The number of esters is 1. The summed E-state index contributed by atoms with van der Waals surface area (Å²) >= 11 is 0. The molecule has 1 amide bonds. The molecule has 9 rings (SSSR count). The number of carboxylic acid groups (broad SMARTS) is 1. The Labute approximate surface area is 438 Å². The number of hydrogen-bond donors (Lipinski definition) is 5. The minimum absolute atomic E-state index is 0.0258. The molecule has 1 unspecified atom stereocenters. The van der Waals surface area contributed by atoms with Gasteiger partial charge >= 0.3 is 17.7 Å². The molecule has 20 heteroatoms. The summed E-state index contributed by atoms with van der Waals surface area (Å²) in [4.78, 5) is 101. The predicted molar refractivity (Wildman–Crippen MR) is 274 cm³/mol. The lowest BCUT2D eigenvalue weighted by molar-refractivity contribution is -0.160. The molecule has 0 radical (unpaired) electrons. The number of carboxylic acids is 1. The summed E-state index contributed by atoms with van der Waals surface area (Å²) < 4.78 is 41.3. The number of carbonyl (C=O) groups excluding carboxylic acids is 5. The number of rotatable bonds is 7. The molecule has 10 atom stereocenters. The number of anilines is 1. The first-order valence-corrected chi connectivity index (χ1v) is 25.4. The van der Waals surface area contributed by atoms with Crippen molar-refractivity contribution < 1.29 is 72.5 Å². The monoisotopic (exact) mass is 1050 g/mol. The van der Waals surface area contributed by atoms with Gasteiger partial charge in [-0.3, -0.25) is 33.2 Å². The van der Waals surface area contributed by atoms with Crippen molar-refractivity contribution in [3.8, 4) is 11.5 Å². The van der Waals surface area contributed by atoms with Crippen molar-refractivity contribution in [2.24, 2.45) is 23.7 Å². The normalized spacial score (nSPS) is 28.4. The zero-order valence-electron chi connectivity index (χ0n) is 44.3. The van der Waals surface area contributed by atoms with E-state index in [4.69, 9.17) is 18.9 Å². The van der Waals surface area contributed by atoms with Crippen LogP contribution in [0.25, 0.3) is 5.52 Å². The molecule has 6 aliphatic rings. The highest BCUT2D eigenvalue weighted by molar-refractivity contribution is 6.32. The number of carbonyl (C=O) groups is 6. The third kappa shape index (κ3) is 9.48. The van der Waals surface area contributed by atoms with Crippen LogP contribution in [0.1, 0.15) is 132 Å². The molecule has 1 aromatic carbocycles. The van der Waals surface area contributed by atoms with Crippen LogP contribution in [-0.4, -0.2) is 128 Å². The van der Waals surface area contributed by atoms with E-state index in [-0.39, 0.29) is 59.3 Å². The Morgan fingerprint density at radius 3 is 2.24 bits per heavy atom. The second kappa shape index (κ2) is 20.8. The summed E-state index contributed by atoms with van der Waals surface area (Å²) in [7, 11) is 2.92. The number of halogens is 1. The number of phenolic OH excluding ortho intramolecular Hbond substituents is 1. The molecular weight excluding hydrogens is 988 g/mol. The maximum absolute atomic E-state index is 16.5. The number of hydrogen-bond acceptors (Lipinski definition) is 16. The van der Waals surface area contributed by atoms with Crippen LogP contribution < -0.4 is 20.5 Å². The number of ketones is 3. The van der Waals surface area contributed by atoms with Crippen molar-refractivity contribution in [2.75, 3.05) is 32.1 Å². The number of allylic oxidation sites excluding steroid dienone is 4. The van der Waals surface area contributed by atoms with Crippen LogP contribution in [0.2, 0.25) is 0 Å². The number of aromatic nitrogens is 1. The molecule has 6 heterocycles. The molecule has 19 nitrogen and oxygen atoms in total. The van der Waals surface area contributed by atoms with Crippen molar-refractivity contribution in [1.82, 2.24) is 14.6 Å². The van der Waals surface area contributed by atoms with Gasteiger partial charge in [0.1, 0.15) is 34.6 Å². The van der Waals surface area contributed by atoms with E-state index < -0.39 is 135 Å². The number of aliphatic hydroxyl groups excluding tert-OH is 2. The predicted octanol–water partition coefficient (Wildman–Crippen LogP) is 5.80. The van der Waals surface area contributed by atoms with Crippen LogP contribution in [0.3, 0.4) is 0 Å². The van der Waals surface area contributed by atoms with Gasteiger partial charge < -0.3 is 54.5 Å². The number of fused-ring (bicyclic) bond motifs is 15. The van der Waals surface area contributed by atoms with Gasteiger partial charge in [0.05, 0.1) is 58.7 Å². The number of aromatic hydroxyl groups is 1. The highest BCUT2D eigenvalue weighted by atomic mass is 19.1. The largest absolute Gasteiger partial charge is 0.507 e. The number of aromatic carboxylic acids is 1. The van der Waals surface area contributed by atoms with Crippen molar-refractivity contribution >= 4 is 46.4 Å².